The van der Waals surface area contributed by atoms with E-state index in [1.54, 1.807) is 13.8 Å². The molecule has 6 N–H and O–H groups in total. The average Bonchev–Trinajstić information content (AvgIpc) is 2.55. The molecule has 0 saturated carbocycles. The van der Waals surface area contributed by atoms with Crippen molar-refractivity contribution in [2.75, 3.05) is 13.2 Å². The SMILES string of the molecule is CC1C(OC2C(CO)OC(O)C(C)C2O)OC(CO)C(O)C1O. The lowest BCUT2D eigenvalue weighted by atomic mass is 9.90. The summed E-state index contributed by atoms with van der Waals surface area (Å²) in [5.74, 6) is -1.28. The van der Waals surface area contributed by atoms with Gasteiger partial charge in [-0.2, -0.15) is 0 Å². The van der Waals surface area contributed by atoms with E-state index in [-0.39, 0.29) is 0 Å². The molecule has 0 spiro atoms. The minimum Gasteiger partial charge on any atom is -0.394 e. The highest BCUT2D eigenvalue weighted by Crippen LogP contribution is 2.32. The lowest BCUT2D eigenvalue weighted by Gasteiger charge is -2.46. The van der Waals surface area contributed by atoms with Crippen molar-refractivity contribution < 1.29 is 44.8 Å². The summed E-state index contributed by atoms with van der Waals surface area (Å²) < 4.78 is 16.3. The largest absolute Gasteiger partial charge is 0.394 e. The Morgan fingerprint density at radius 3 is 1.96 bits per heavy atom. The van der Waals surface area contributed by atoms with Crippen LogP contribution < -0.4 is 0 Å². The van der Waals surface area contributed by atoms with E-state index in [4.69, 9.17) is 14.2 Å². The zero-order valence-electron chi connectivity index (χ0n) is 13.1. The molecule has 0 aromatic rings. The number of ether oxygens (including phenoxy) is 3. The van der Waals surface area contributed by atoms with Crippen molar-refractivity contribution in [1.82, 2.24) is 0 Å². The zero-order valence-corrected chi connectivity index (χ0v) is 13.1. The van der Waals surface area contributed by atoms with Crippen molar-refractivity contribution in [3.8, 4) is 0 Å². The second-order valence-corrected chi connectivity index (χ2v) is 6.26. The minimum absolute atomic E-state index is 0.485. The lowest BCUT2D eigenvalue weighted by Crippen LogP contribution is -2.60. The highest BCUT2D eigenvalue weighted by molar-refractivity contribution is 4.91. The molecule has 2 saturated heterocycles. The fraction of sp³-hybridized carbons (Fsp3) is 1.00. The first-order valence-electron chi connectivity index (χ1n) is 7.72. The fourth-order valence-corrected chi connectivity index (χ4v) is 2.91. The number of aliphatic hydroxyl groups is 6. The van der Waals surface area contributed by atoms with Crippen molar-refractivity contribution in [1.29, 1.82) is 0 Å². The van der Waals surface area contributed by atoms with Gasteiger partial charge in [-0.25, -0.2) is 0 Å². The molecule has 0 aromatic carbocycles. The first kappa shape index (κ1) is 19.0. The Bertz CT molecular complexity index is 377. The molecule has 0 amide bonds. The van der Waals surface area contributed by atoms with Gasteiger partial charge in [-0.15, -0.1) is 0 Å². The van der Waals surface area contributed by atoms with E-state index in [1.807, 2.05) is 0 Å². The van der Waals surface area contributed by atoms with E-state index in [0.717, 1.165) is 0 Å². The zero-order chi connectivity index (χ0) is 17.3. The van der Waals surface area contributed by atoms with Crippen LogP contribution in [0.15, 0.2) is 0 Å². The van der Waals surface area contributed by atoms with Crippen LogP contribution in [0.4, 0.5) is 0 Å². The maximum atomic E-state index is 10.3. The normalized spacial score (nSPS) is 51.7. The number of hydrogen-bond donors (Lipinski definition) is 6. The van der Waals surface area contributed by atoms with Crippen LogP contribution in [0.1, 0.15) is 13.8 Å². The van der Waals surface area contributed by atoms with E-state index in [9.17, 15) is 30.6 Å². The summed E-state index contributed by atoms with van der Waals surface area (Å²) in [6, 6.07) is 0. The molecule has 2 fully saturated rings. The van der Waals surface area contributed by atoms with Crippen LogP contribution in [0.3, 0.4) is 0 Å². The van der Waals surface area contributed by atoms with E-state index in [0.29, 0.717) is 0 Å². The molecule has 2 aliphatic rings. The molecular formula is C14H26O9. The Kier molecular flexibility index (Phi) is 6.34. The van der Waals surface area contributed by atoms with E-state index in [2.05, 4.69) is 0 Å². The highest BCUT2D eigenvalue weighted by Gasteiger charge is 2.48. The number of rotatable bonds is 4. The summed E-state index contributed by atoms with van der Waals surface area (Å²) in [4.78, 5) is 0. The third kappa shape index (κ3) is 3.68. The molecule has 9 heteroatoms. The van der Waals surface area contributed by atoms with Crippen molar-refractivity contribution >= 4 is 0 Å². The van der Waals surface area contributed by atoms with E-state index >= 15 is 0 Å². The van der Waals surface area contributed by atoms with Crippen LogP contribution in [0.25, 0.3) is 0 Å². The summed E-state index contributed by atoms with van der Waals surface area (Å²) in [5, 5.41) is 58.4. The van der Waals surface area contributed by atoms with E-state index < -0.39 is 74.3 Å². The van der Waals surface area contributed by atoms with Crippen molar-refractivity contribution in [3.63, 3.8) is 0 Å². The minimum atomic E-state index is -1.25. The van der Waals surface area contributed by atoms with Gasteiger partial charge in [-0.1, -0.05) is 13.8 Å². The maximum absolute atomic E-state index is 10.3. The summed E-state index contributed by atoms with van der Waals surface area (Å²) in [7, 11) is 0. The van der Waals surface area contributed by atoms with Crippen LogP contribution in [0, 0.1) is 11.8 Å². The van der Waals surface area contributed by atoms with Crippen LogP contribution in [-0.2, 0) is 14.2 Å². The lowest BCUT2D eigenvalue weighted by molar-refractivity contribution is -0.340. The predicted octanol–water partition coefficient (Wildman–Crippen LogP) is -2.85. The second kappa shape index (κ2) is 7.68. The smallest absolute Gasteiger partial charge is 0.163 e. The monoisotopic (exact) mass is 338 g/mol. The average molecular weight is 338 g/mol. The third-order valence-corrected chi connectivity index (χ3v) is 4.66. The van der Waals surface area contributed by atoms with Crippen LogP contribution in [0.5, 0.6) is 0 Å². The molecule has 2 heterocycles. The standard InChI is InChI=1S/C14H26O9/c1-5-10(18)12(8(4-16)21-13(5)20)23-14-6(2)9(17)11(19)7(3-15)22-14/h5-20H,3-4H2,1-2H3. The molecule has 9 nitrogen and oxygen atoms in total. The van der Waals surface area contributed by atoms with Gasteiger partial charge in [0.15, 0.2) is 12.6 Å². The predicted molar refractivity (Wildman–Crippen MR) is 74.9 cm³/mol. The molecule has 2 aliphatic heterocycles. The van der Waals surface area contributed by atoms with Gasteiger partial charge in [0.1, 0.15) is 24.4 Å². The second-order valence-electron chi connectivity index (χ2n) is 6.26. The summed E-state index contributed by atoms with van der Waals surface area (Å²) >= 11 is 0. The highest BCUT2D eigenvalue weighted by atomic mass is 16.7. The number of hydrogen-bond acceptors (Lipinski definition) is 9. The molecule has 0 radical (unpaired) electrons. The Balaban J connectivity index is 2.11. The van der Waals surface area contributed by atoms with Gasteiger partial charge in [0, 0.05) is 11.8 Å². The summed E-state index contributed by atoms with van der Waals surface area (Å²) in [6.45, 7) is 2.17. The van der Waals surface area contributed by atoms with Crippen LogP contribution in [0.2, 0.25) is 0 Å². The Morgan fingerprint density at radius 2 is 1.39 bits per heavy atom. The Morgan fingerprint density at radius 1 is 0.783 bits per heavy atom. The third-order valence-electron chi connectivity index (χ3n) is 4.66. The van der Waals surface area contributed by atoms with Gasteiger partial charge in [0.05, 0.1) is 25.4 Å². The number of aliphatic hydroxyl groups excluding tert-OH is 6. The molecule has 0 bridgehead atoms. The van der Waals surface area contributed by atoms with Gasteiger partial charge in [-0.05, 0) is 0 Å². The molecule has 0 aliphatic carbocycles. The molecule has 136 valence electrons. The Labute approximate surface area is 134 Å². The quantitative estimate of drug-likeness (QED) is 0.318. The van der Waals surface area contributed by atoms with Crippen molar-refractivity contribution in [3.05, 3.63) is 0 Å². The summed E-state index contributed by atoms with van der Waals surface area (Å²) in [6.07, 6.45) is -8.79. The molecule has 10 atom stereocenters. The van der Waals surface area contributed by atoms with Gasteiger partial charge in [0.25, 0.3) is 0 Å². The van der Waals surface area contributed by atoms with Gasteiger partial charge in [-0.3, -0.25) is 0 Å². The summed E-state index contributed by atoms with van der Waals surface area (Å²) in [5.41, 5.74) is 0. The van der Waals surface area contributed by atoms with E-state index in [1.165, 1.54) is 0 Å². The maximum Gasteiger partial charge on any atom is 0.163 e. The molecule has 10 unspecified atom stereocenters. The van der Waals surface area contributed by atoms with Crippen molar-refractivity contribution in [2.45, 2.75) is 63.1 Å². The first-order chi connectivity index (χ1) is 10.8. The molecule has 0 aromatic heterocycles. The van der Waals surface area contributed by atoms with Gasteiger partial charge >= 0.3 is 0 Å². The Hall–Kier alpha value is -0.360. The van der Waals surface area contributed by atoms with Crippen LogP contribution in [-0.4, -0.2) is 93.1 Å². The molecular weight excluding hydrogens is 312 g/mol. The van der Waals surface area contributed by atoms with Gasteiger partial charge < -0.3 is 44.8 Å². The fourth-order valence-electron chi connectivity index (χ4n) is 2.91. The topological polar surface area (TPSA) is 149 Å². The molecule has 2 rings (SSSR count). The first-order valence-corrected chi connectivity index (χ1v) is 7.72. The van der Waals surface area contributed by atoms with Crippen molar-refractivity contribution in [2.24, 2.45) is 11.8 Å². The van der Waals surface area contributed by atoms with Gasteiger partial charge in [0.2, 0.25) is 0 Å². The van der Waals surface area contributed by atoms with Crippen LogP contribution >= 0.6 is 0 Å². The molecule has 23 heavy (non-hydrogen) atoms.